The molecule has 0 bridgehead atoms. The van der Waals surface area contributed by atoms with Crippen LogP contribution in [0.3, 0.4) is 0 Å². The monoisotopic (exact) mass is 238 g/mol. The highest BCUT2D eigenvalue weighted by Crippen LogP contribution is 2.32. The van der Waals surface area contributed by atoms with Crippen molar-refractivity contribution in [3.05, 3.63) is 24.9 Å². The van der Waals surface area contributed by atoms with Gasteiger partial charge >= 0.3 is 5.97 Å². The third-order valence-electron chi connectivity index (χ3n) is 3.43. The second kappa shape index (κ2) is 4.53. The lowest BCUT2D eigenvalue weighted by molar-refractivity contribution is -0.157. The smallest absolute Gasteiger partial charge is 0.331 e. The molecule has 4 heteroatoms. The van der Waals surface area contributed by atoms with Gasteiger partial charge in [-0.25, -0.2) is 9.69 Å². The van der Waals surface area contributed by atoms with Crippen molar-refractivity contribution in [3.8, 4) is 0 Å². The van der Waals surface area contributed by atoms with Crippen LogP contribution in [0.5, 0.6) is 0 Å². The standard InChI is InChI=1S/C13H22N2O2/c1-7-11(16)17-10-15-12(2,3)8-9-14(6)13(15,4)5/h7-9H,1,10H2,2-6H3. The van der Waals surface area contributed by atoms with Gasteiger partial charge in [0.1, 0.15) is 6.73 Å². The van der Waals surface area contributed by atoms with Gasteiger partial charge in [0.15, 0.2) is 0 Å². The van der Waals surface area contributed by atoms with E-state index in [4.69, 9.17) is 4.74 Å². The summed E-state index contributed by atoms with van der Waals surface area (Å²) in [6.07, 6.45) is 5.34. The average molecular weight is 238 g/mol. The van der Waals surface area contributed by atoms with Crippen molar-refractivity contribution in [2.75, 3.05) is 13.8 Å². The maximum Gasteiger partial charge on any atom is 0.331 e. The molecule has 0 aromatic heterocycles. The summed E-state index contributed by atoms with van der Waals surface area (Å²) < 4.78 is 5.16. The zero-order valence-corrected chi connectivity index (χ0v) is 11.4. The second-order valence-electron chi connectivity index (χ2n) is 5.30. The van der Waals surface area contributed by atoms with Crippen molar-refractivity contribution in [1.82, 2.24) is 9.80 Å². The van der Waals surface area contributed by atoms with Gasteiger partial charge in [0.05, 0.1) is 5.66 Å². The van der Waals surface area contributed by atoms with Crippen molar-refractivity contribution < 1.29 is 9.53 Å². The molecule has 0 atom stereocenters. The van der Waals surface area contributed by atoms with Crippen molar-refractivity contribution in [2.45, 2.75) is 38.9 Å². The Hall–Kier alpha value is -1.29. The summed E-state index contributed by atoms with van der Waals surface area (Å²) >= 11 is 0. The molecule has 96 valence electrons. The molecule has 0 aromatic carbocycles. The Balaban J connectivity index is 2.88. The van der Waals surface area contributed by atoms with Gasteiger partial charge in [0.2, 0.25) is 0 Å². The van der Waals surface area contributed by atoms with Gasteiger partial charge < -0.3 is 9.64 Å². The molecule has 0 unspecified atom stereocenters. The van der Waals surface area contributed by atoms with Gasteiger partial charge in [-0.1, -0.05) is 6.58 Å². The van der Waals surface area contributed by atoms with Gasteiger partial charge in [-0.3, -0.25) is 0 Å². The Morgan fingerprint density at radius 1 is 1.41 bits per heavy atom. The Kier molecular flexibility index (Phi) is 3.67. The van der Waals surface area contributed by atoms with E-state index in [9.17, 15) is 4.79 Å². The van der Waals surface area contributed by atoms with E-state index >= 15 is 0 Å². The van der Waals surface area contributed by atoms with Crippen LogP contribution in [0, 0.1) is 0 Å². The normalized spacial score (nSPS) is 22.3. The van der Waals surface area contributed by atoms with Gasteiger partial charge in [-0.2, -0.15) is 0 Å². The zero-order chi connectivity index (χ0) is 13.3. The van der Waals surface area contributed by atoms with Crippen LogP contribution in [0.25, 0.3) is 0 Å². The van der Waals surface area contributed by atoms with E-state index in [0.29, 0.717) is 0 Å². The number of esters is 1. The predicted octanol–water partition coefficient (Wildman–Crippen LogP) is 1.95. The van der Waals surface area contributed by atoms with E-state index in [0.717, 1.165) is 0 Å². The highest BCUT2D eigenvalue weighted by Gasteiger charge is 2.41. The molecule has 1 rings (SSSR count). The van der Waals surface area contributed by atoms with Crippen LogP contribution in [-0.4, -0.2) is 40.7 Å². The number of rotatable bonds is 3. The van der Waals surface area contributed by atoms with Crippen LogP contribution in [0.2, 0.25) is 0 Å². The Morgan fingerprint density at radius 3 is 2.53 bits per heavy atom. The summed E-state index contributed by atoms with van der Waals surface area (Å²) in [6, 6.07) is 0. The molecule has 0 N–H and O–H groups in total. The SMILES string of the molecule is C=CC(=O)OCN1C(C)(C)C=CN(C)C1(C)C. The van der Waals surface area contributed by atoms with E-state index in [1.165, 1.54) is 6.08 Å². The molecule has 0 aliphatic carbocycles. The maximum atomic E-state index is 11.2. The van der Waals surface area contributed by atoms with Crippen LogP contribution in [0.4, 0.5) is 0 Å². The summed E-state index contributed by atoms with van der Waals surface area (Å²) in [6.45, 7) is 12.0. The summed E-state index contributed by atoms with van der Waals surface area (Å²) in [5, 5.41) is 0. The first-order chi connectivity index (χ1) is 7.71. The number of hydrogen-bond donors (Lipinski definition) is 0. The van der Waals surface area contributed by atoms with E-state index in [1.54, 1.807) is 0 Å². The van der Waals surface area contributed by atoms with Crippen molar-refractivity contribution in [1.29, 1.82) is 0 Å². The predicted molar refractivity (Wildman–Crippen MR) is 68.1 cm³/mol. The second-order valence-corrected chi connectivity index (χ2v) is 5.30. The van der Waals surface area contributed by atoms with Crippen LogP contribution in [0.15, 0.2) is 24.9 Å². The van der Waals surface area contributed by atoms with E-state index < -0.39 is 5.97 Å². The molecule has 0 radical (unpaired) electrons. The molecule has 1 heterocycles. The van der Waals surface area contributed by atoms with Gasteiger partial charge in [0, 0.05) is 18.7 Å². The zero-order valence-electron chi connectivity index (χ0n) is 11.4. The summed E-state index contributed by atoms with van der Waals surface area (Å²) in [4.78, 5) is 15.4. The first kappa shape index (κ1) is 13.8. The fourth-order valence-electron chi connectivity index (χ4n) is 1.97. The Morgan fingerprint density at radius 2 is 2.00 bits per heavy atom. The topological polar surface area (TPSA) is 32.8 Å². The molecular formula is C13H22N2O2. The van der Waals surface area contributed by atoms with Crippen LogP contribution >= 0.6 is 0 Å². The highest BCUT2D eigenvalue weighted by molar-refractivity contribution is 5.81. The largest absolute Gasteiger partial charge is 0.446 e. The van der Waals surface area contributed by atoms with Crippen LogP contribution in [-0.2, 0) is 9.53 Å². The lowest BCUT2D eigenvalue weighted by Crippen LogP contribution is -2.63. The lowest BCUT2D eigenvalue weighted by Gasteiger charge is -2.53. The number of ether oxygens (including phenoxy) is 1. The molecule has 0 fully saturated rings. The fourth-order valence-corrected chi connectivity index (χ4v) is 1.97. The molecule has 1 aliphatic heterocycles. The summed E-state index contributed by atoms with van der Waals surface area (Å²) in [5.74, 6) is -0.395. The van der Waals surface area contributed by atoms with E-state index in [-0.39, 0.29) is 17.9 Å². The lowest BCUT2D eigenvalue weighted by atomic mass is 9.95. The van der Waals surface area contributed by atoms with E-state index in [1.807, 2.05) is 7.05 Å². The molecule has 17 heavy (non-hydrogen) atoms. The molecule has 0 spiro atoms. The Labute approximate surface area is 104 Å². The highest BCUT2D eigenvalue weighted by atomic mass is 16.5. The molecule has 0 saturated heterocycles. The van der Waals surface area contributed by atoms with Gasteiger partial charge in [-0.05, 0) is 40.0 Å². The van der Waals surface area contributed by atoms with Crippen LogP contribution < -0.4 is 0 Å². The van der Waals surface area contributed by atoms with Gasteiger partial charge in [0.25, 0.3) is 0 Å². The fraction of sp³-hybridized carbons (Fsp3) is 0.615. The number of carbonyl (C=O) groups excluding carboxylic acids is 1. The van der Waals surface area contributed by atoms with Crippen LogP contribution in [0.1, 0.15) is 27.7 Å². The van der Waals surface area contributed by atoms with Crippen molar-refractivity contribution >= 4 is 5.97 Å². The number of hydrogen-bond acceptors (Lipinski definition) is 4. The molecule has 0 amide bonds. The minimum atomic E-state index is -0.395. The van der Waals surface area contributed by atoms with E-state index in [2.05, 4.69) is 56.3 Å². The minimum Gasteiger partial charge on any atom is -0.446 e. The molecule has 4 nitrogen and oxygen atoms in total. The molecule has 0 saturated carbocycles. The molecule has 1 aliphatic rings. The average Bonchev–Trinajstić information content (AvgIpc) is 2.23. The summed E-state index contributed by atoms with van der Waals surface area (Å²) in [7, 11) is 2.01. The first-order valence-corrected chi connectivity index (χ1v) is 5.71. The molecular weight excluding hydrogens is 216 g/mol. The van der Waals surface area contributed by atoms with Gasteiger partial charge in [-0.15, -0.1) is 0 Å². The van der Waals surface area contributed by atoms with Crippen molar-refractivity contribution in [2.24, 2.45) is 0 Å². The Bertz CT molecular complexity index is 345. The first-order valence-electron chi connectivity index (χ1n) is 5.71. The third-order valence-corrected chi connectivity index (χ3v) is 3.43. The number of nitrogens with zero attached hydrogens (tertiary/aromatic N) is 2. The molecule has 0 aromatic rings. The third kappa shape index (κ3) is 2.69. The minimum absolute atomic E-state index is 0.155. The summed E-state index contributed by atoms with van der Waals surface area (Å²) in [5.41, 5.74) is -0.364. The maximum absolute atomic E-state index is 11.2. The van der Waals surface area contributed by atoms with Crippen molar-refractivity contribution in [3.63, 3.8) is 0 Å². The quantitative estimate of drug-likeness (QED) is 0.556. The number of carbonyl (C=O) groups is 1.